The zero-order valence-corrected chi connectivity index (χ0v) is 19.2. The van der Waals surface area contributed by atoms with Crippen LogP contribution >= 0.6 is 11.9 Å². The highest BCUT2D eigenvalue weighted by molar-refractivity contribution is 8.00. The van der Waals surface area contributed by atoms with Gasteiger partial charge in [-0.05, 0) is 54.5 Å². The van der Waals surface area contributed by atoms with Crippen LogP contribution in [0.3, 0.4) is 0 Å². The van der Waals surface area contributed by atoms with Gasteiger partial charge < -0.3 is 19.0 Å². The average molecular weight is 469 g/mol. The number of benzene rings is 2. The number of carboxylic acids is 1. The van der Waals surface area contributed by atoms with Crippen molar-refractivity contribution in [3.63, 3.8) is 0 Å². The number of aromatic nitrogens is 1. The normalized spacial score (nSPS) is 15.7. The van der Waals surface area contributed by atoms with E-state index in [1.807, 2.05) is 12.1 Å². The summed E-state index contributed by atoms with van der Waals surface area (Å²) >= 11 is 1.11. The van der Waals surface area contributed by atoms with E-state index in [-0.39, 0.29) is 5.75 Å². The third-order valence-electron chi connectivity index (χ3n) is 5.87. The molecule has 8 heteroatoms. The van der Waals surface area contributed by atoms with Crippen LogP contribution in [0.5, 0.6) is 5.75 Å². The van der Waals surface area contributed by atoms with Crippen LogP contribution < -0.4 is 9.46 Å². The molecule has 0 saturated carbocycles. The molecule has 0 fully saturated rings. The molecule has 2 aromatic carbocycles. The number of methoxy groups -OCH3 is 1. The van der Waals surface area contributed by atoms with Gasteiger partial charge in [0.05, 0.1) is 18.4 Å². The van der Waals surface area contributed by atoms with Crippen molar-refractivity contribution in [1.29, 1.82) is 0 Å². The number of nitrogens with zero attached hydrogens (tertiary/aromatic N) is 1. The molecule has 0 saturated heterocycles. The summed E-state index contributed by atoms with van der Waals surface area (Å²) in [6, 6.07) is 10.4. The topological polar surface area (TPSA) is 84.6 Å². The third-order valence-corrected chi connectivity index (χ3v) is 6.59. The van der Waals surface area contributed by atoms with Gasteiger partial charge in [0.25, 0.3) is 0 Å². The summed E-state index contributed by atoms with van der Waals surface area (Å²) in [6.07, 6.45) is 8.60. The molecule has 172 valence electrons. The lowest BCUT2D eigenvalue weighted by Gasteiger charge is -2.20. The number of hydrogen-bond acceptors (Lipinski definition) is 6. The number of carbonyl (C=O) groups is 1. The second kappa shape index (κ2) is 10.1. The number of carboxylic acid groups (broad SMARTS) is 1. The fourth-order valence-corrected chi connectivity index (χ4v) is 4.46. The van der Waals surface area contributed by atoms with Crippen molar-refractivity contribution in [1.82, 2.24) is 4.98 Å². The highest BCUT2D eigenvalue weighted by Crippen LogP contribution is 2.34. The molecule has 1 aliphatic carbocycles. The van der Waals surface area contributed by atoms with E-state index in [4.69, 9.17) is 14.3 Å². The largest absolute Gasteiger partial charge is 0.495 e. The van der Waals surface area contributed by atoms with E-state index in [2.05, 4.69) is 34.8 Å². The molecule has 4 rings (SSSR count). The Labute approximate surface area is 196 Å². The minimum atomic E-state index is -1.36. The molecule has 0 spiro atoms. The summed E-state index contributed by atoms with van der Waals surface area (Å²) in [6.45, 7) is 2.25. The van der Waals surface area contributed by atoms with E-state index in [9.17, 15) is 9.18 Å². The SMILES string of the molecule is CCC1CC=C(c2ccc(-c3nc(SNc4cc(F)c(C(=O)O)cc4OC)co3)cc2)CC1. The molecule has 1 heterocycles. The Kier molecular flexibility index (Phi) is 7.03. The molecule has 1 aromatic heterocycles. The Morgan fingerprint density at radius 1 is 1.30 bits per heavy atom. The summed E-state index contributed by atoms with van der Waals surface area (Å²) in [4.78, 5) is 15.6. The summed E-state index contributed by atoms with van der Waals surface area (Å²) in [5, 5.41) is 9.60. The maximum absolute atomic E-state index is 14.0. The lowest BCUT2D eigenvalue weighted by Crippen LogP contribution is -2.03. The lowest BCUT2D eigenvalue weighted by molar-refractivity contribution is 0.0691. The van der Waals surface area contributed by atoms with Crippen LogP contribution in [0.25, 0.3) is 17.0 Å². The van der Waals surface area contributed by atoms with Gasteiger partial charge in [-0.3, -0.25) is 0 Å². The first kappa shape index (κ1) is 22.9. The summed E-state index contributed by atoms with van der Waals surface area (Å²) in [5.74, 6) is -0.721. The van der Waals surface area contributed by atoms with E-state index >= 15 is 0 Å². The van der Waals surface area contributed by atoms with E-state index in [1.54, 1.807) is 0 Å². The predicted molar refractivity (Wildman–Crippen MR) is 127 cm³/mol. The van der Waals surface area contributed by atoms with E-state index < -0.39 is 17.3 Å². The molecular formula is C25H25FN2O4S. The summed E-state index contributed by atoms with van der Waals surface area (Å²) < 4.78 is 27.8. The molecule has 1 atom stereocenters. The standard InChI is InChI=1S/C25H25FN2O4S/c1-3-15-4-6-16(7-5-15)17-8-10-18(11-9-17)24-27-23(14-32-24)33-28-21-13-20(26)19(25(29)30)12-22(21)31-2/h6,8-15,28H,3-5,7H2,1-2H3,(H,29,30). The number of anilines is 1. The van der Waals surface area contributed by atoms with Crippen LogP contribution in [0.1, 0.15) is 48.5 Å². The van der Waals surface area contributed by atoms with Crippen molar-refractivity contribution in [2.24, 2.45) is 5.92 Å². The number of halogens is 1. The fourth-order valence-electron chi connectivity index (χ4n) is 3.86. The monoisotopic (exact) mass is 468 g/mol. The predicted octanol–water partition coefficient (Wildman–Crippen LogP) is 6.90. The molecule has 1 unspecified atom stereocenters. The van der Waals surface area contributed by atoms with Crippen LogP contribution in [0, 0.1) is 11.7 Å². The Hall–Kier alpha value is -3.26. The first-order valence-electron chi connectivity index (χ1n) is 10.8. The van der Waals surface area contributed by atoms with Crippen LogP contribution in [0.2, 0.25) is 0 Å². The van der Waals surface area contributed by atoms with Gasteiger partial charge in [-0.15, -0.1) is 0 Å². The second-order valence-corrected chi connectivity index (χ2v) is 8.71. The number of nitrogens with one attached hydrogen (secondary N) is 1. The Morgan fingerprint density at radius 3 is 2.70 bits per heavy atom. The van der Waals surface area contributed by atoms with Gasteiger partial charge in [-0.2, -0.15) is 0 Å². The zero-order chi connectivity index (χ0) is 23.4. The molecule has 1 aliphatic rings. The molecule has 6 nitrogen and oxygen atoms in total. The molecular weight excluding hydrogens is 443 g/mol. The number of hydrogen-bond donors (Lipinski definition) is 2. The van der Waals surface area contributed by atoms with Crippen molar-refractivity contribution in [3.8, 4) is 17.2 Å². The highest BCUT2D eigenvalue weighted by Gasteiger charge is 2.17. The molecule has 0 amide bonds. The van der Waals surface area contributed by atoms with Crippen LogP contribution in [-0.4, -0.2) is 23.2 Å². The number of aromatic carboxylic acids is 1. The molecule has 0 radical (unpaired) electrons. The molecule has 0 bridgehead atoms. The van der Waals surface area contributed by atoms with Crippen molar-refractivity contribution >= 4 is 29.2 Å². The maximum Gasteiger partial charge on any atom is 0.338 e. The van der Waals surface area contributed by atoms with E-state index in [1.165, 1.54) is 37.4 Å². The number of oxazole rings is 1. The first-order chi connectivity index (χ1) is 16.0. The first-order valence-corrected chi connectivity index (χ1v) is 11.6. The number of ether oxygens (including phenoxy) is 1. The van der Waals surface area contributed by atoms with Crippen molar-refractivity contribution < 1.29 is 23.4 Å². The van der Waals surface area contributed by atoms with E-state index in [0.717, 1.165) is 48.4 Å². The van der Waals surface area contributed by atoms with Crippen LogP contribution in [0.15, 0.2) is 58.2 Å². The maximum atomic E-state index is 14.0. The minimum Gasteiger partial charge on any atom is -0.495 e. The van der Waals surface area contributed by atoms with Crippen molar-refractivity contribution in [2.45, 2.75) is 37.6 Å². The van der Waals surface area contributed by atoms with Crippen LogP contribution in [0.4, 0.5) is 10.1 Å². The van der Waals surface area contributed by atoms with Gasteiger partial charge in [0.2, 0.25) is 5.89 Å². The smallest absolute Gasteiger partial charge is 0.338 e. The zero-order valence-electron chi connectivity index (χ0n) is 18.4. The molecule has 2 N–H and O–H groups in total. The molecule has 0 aliphatic heterocycles. The van der Waals surface area contributed by atoms with Gasteiger partial charge in [-0.1, -0.05) is 31.6 Å². The third kappa shape index (κ3) is 5.22. The Bertz CT molecular complexity index is 1170. The average Bonchev–Trinajstić information content (AvgIpc) is 3.32. The molecule has 3 aromatic rings. The van der Waals surface area contributed by atoms with Gasteiger partial charge in [0.15, 0.2) is 5.03 Å². The van der Waals surface area contributed by atoms with Gasteiger partial charge in [-0.25, -0.2) is 14.2 Å². The molecule has 33 heavy (non-hydrogen) atoms. The van der Waals surface area contributed by atoms with Gasteiger partial charge in [0, 0.05) is 23.6 Å². The quantitative estimate of drug-likeness (QED) is 0.348. The van der Waals surface area contributed by atoms with E-state index in [0.29, 0.717) is 16.6 Å². The Balaban J connectivity index is 1.43. The number of allylic oxidation sites excluding steroid dienone is 2. The van der Waals surface area contributed by atoms with Gasteiger partial charge >= 0.3 is 5.97 Å². The summed E-state index contributed by atoms with van der Waals surface area (Å²) in [5.41, 5.74) is 3.33. The Morgan fingerprint density at radius 2 is 2.06 bits per heavy atom. The van der Waals surface area contributed by atoms with Crippen LogP contribution in [-0.2, 0) is 0 Å². The van der Waals surface area contributed by atoms with Crippen molar-refractivity contribution in [3.05, 3.63) is 65.7 Å². The van der Waals surface area contributed by atoms with Crippen molar-refractivity contribution in [2.75, 3.05) is 11.8 Å². The minimum absolute atomic E-state index is 0.211. The fraction of sp³-hybridized carbons (Fsp3) is 0.280. The summed E-state index contributed by atoms with van der Waals surface area (Å²) in [7, 11) is 1.39. The van der Waals surface area contributed by atoms with Gasteiger partial charge in [0.1, 0.15) is 17.8 Å². The second-order valence-electron chi connectivity index (χ2n) is 7.89. The number of rotatable bonds is 8. The highest BCUT2D eigenvalue weighted by atomic mass is 32.2. The lowest BCUT2D eigenvalue weighted by atomic mass is 9.85.